The maximum atomic E-state index is 13.4. The average molecular weight is 410 g/mol. The third kappa shape index (κ3) is 3.33. The first-order valence-corrected chi connectivity index (χ1v) is 10.00. The monoisotopic (exact) mass is 410 g/mol. The van der Waals surface area contributed by atoms with Gasteiger partial charge in [-0.25, -0.2) is 4.79 Å². The first kappa shape index (κ1) is 19.0. The number of urea groups is 1. The zero-order valence-corrected chi connectivity index (χ0v) is 16.1. The average Bonchev–Trinajstić information content (AvgIpc) is 3.25. The summed E-state index contributed by atoms with van der Waals surface area (Å²) in [5, 5.41) is 3.24. The van der Waals surface area contributed by atoms with E-state index in [-0.39, 0.29) is 11.8 Å². The Morgan fingerprint density at radius 3 is 2.10 bits per heavy atom. The van der Waals surface area contributed by atoms with Crippen molar-refractivity contribution < 1.29 is 19.2 Å². The second-order valence-corrected chi connectivity index (χ2v) is 7.67. The second kappa shape index (κ2) is 7.59. The molecule has 0 saturated carbocycles. The van der Waals surface area contributed by atoms with E-state index in [1.807, 2.05) is 12.1 Å². The Balaban J connectivity index is 1.63. The van der Waals surface area contributed by atoms with E-state index < -0.39 is 23.4 Å². The maximum Gasteiger partial charge on any atom is 0.344 e. The molecule has 0 aromatic heterocycles. The highest BCUT2D eigenvalue weighted by molar-refractivity contribution is 8.13. The normalized spacial score (nSPS) is 18.1. The summed E-state index contributed by atoms with van der Waals surface area (Å²) in [5.41, 5.74) is 2.05. The molecule has 0 unspecified atom stereocenters. The van der Waals surface area contributed by atoms with E-state index in [0.717, 1.165) is 11.8 Å². The van der Waals surface area contributed by atoms with E-state index in [9.17, 15) is 19.2 Å². The molecule has 148 valence electrons. The summed E-state index contributed by atoms with van der Waals surface area (Å²) in [4.78, 5) is 51.6. The SMILES string of the molecule is O=C(CN1CCSC1=O)NN1C(=O)NC(c2ccccc2)(c2ccccc2)C1=O. The van der Waals surface area contributed by atoms with Gasteiger partial charge in [0.1, 0.15) is 6.54 Å². The number of hydrogen-bond acceptors (Lipinski definition) is 5. The molecular weight excluding hydrogens is 392 g/mol. The van der Waals surface area contributed by atoms with Crippen molar-refractivity contribution in [2.24, 2.45) is 0 Å². The molecule has 2 aliphatic heterocycles. The molecule has 2 aromatic carbocycles. The lowest BCUT2D eigenvalue weighted by Crippen LogP contribution is -2.51. The van der Waals surface area contributed by atoms with Gasteiger partial charge in [0.05, 0.1) is 0 Å². The van der Waals surface area contributed by atoms with Crippen LogP contribution in [0.4, 0.5) is 9.59 Å². The molecule has 0 aliphatic carbocycles. The number of amides is 5. The number of hydrazine groups is 1. The molecule has 2 aliphatic rings. The lowest BCUT2D eigenvalue weighted by atomic mass is 9.83. The number of hydrogen-bond donors (Lipinski definition) is 2. The van der Waals surface area contributed by atoms with Gasteiger partial charge in [0.2, 0.25) is 0 Å². The number of nitrogens with one attached hydrogen (secondary N) is 2. The van der Waals surface area contributed by atoms with E-state index >= 15 is 0 Å². The molecule has 0 bridgehead atoms. The predicted molar refractivity (Wildman–Crippen MR) is 107 cm³/mol. The summed E-state index contributed by atoms with van der Waals surface area (Å²) < 4.78 is 0. The van der Waals surface area contributed by atoms with Crippen molar-refractivity contribution >= 4 is 34.8 Å². The van der Waals surface area contributed by atoms with Crippen molar-refractivity contribution in [2.75, 3.05) is 18.8 Å². The van der Waals surface area contributed by atoms with Crippen LogP contribution in [0.3, 0.4) is 0 Å². The molecule has 5 amide bonds. The summed E-state index contributed by atoms with van der Waals surface area (Å²) in [7, 11) is 0. The van der Waals surface area contributed by atoms with Gasteiger partial charge in [-0.05, 0) is 11.1 Å². The van der Waals surface area contributed by atoms with Crippen molar-refractivity contribution in [3.63, 3.8) is 0 Å². The first-order chi connectivity index (χ1) is 14.0. The van der Waals surface area contributed by atoms with Crippen LogP contribution in [-0.4, -0.2) is 51.8 Å². The van der Waals surface area contributed by atoms with Crippen LogP contribution < -0.4 is 10.7 Å². The Morgan fingerprint density at radius 1 is 1.00 bits per heavy atom. The van der Waals surface area contributed by atoms with Crippen molar-refractivity contribution in [1.29, 1.82) is 0 Å². The number of thioether (sulfide) groups is 1. The Kier molecular flexibility index (Phi) is 4.98. The quantitative estimate of drug-likeness (QED) is 0.731. The number of carbonyl (C=O) groups excluding carboxylic acids is 4. The number of imide groups is 1. The van der Waals surface area contributed by atoms with Gasteiger partial charge in [0.25, 0.3) is 17.1 Å². The fraction of sp³-hybridized carbons (Fsp3) is 0.200. The maximum absolute atomic E-state index is 13.4. The van der Waals surface area contributed by atoms with Gasteiger partial charge >= 0.3 is 6.03 Å². The molecule has 0 spiro atoms. The fourth-order valence-electron chi connectivity index (χ4n) is 3.47. The van der Waals surface area contributed by atoms with Crippen LogP contribution in [0.2, 0.25) is 0 Å². The molecule has 2 heterocycles. The topological polar surface area (TPSA) is 98.8 Å². The highest BCUT2D eigenvalue weighted by atomic mass is 32.2. The molecule has 2 N–H and O–H groups in total. The smallest absolute Gasteiger partial charge is 0.323 e. The predicted octanol–water partition coefficient (Wildman–Crippen LogP) is 1.68. The van der Waals surface area contributed by atoms with Crippen molar-refractivity contribution in [3.05, 3.63) is 71.8 Å². The fourth-order valence-corrected chi connectivity index (χ4v) is 4.29. The van der Waals surface area contributed by atoms with Crippen molar-refractivity contribution in [1.82, 2.24) is 20.7 Å². The summed E-state index contributed by atoms with van der Waals surface area (Å²) in [5.74, 6) is -0.614. The minimum atomic E-state index is -1.45. The molecular formula is C20H18N4O4S. The summed E-state index contributed by atoms with van der Waals surface area (Å²) >= 11 is 1.13. The van der Waals surface area contributed by atoms with Crippen LogP contribution in [0.5, 0.6) is 0 Å². The Morgan fingerprint density at radius 2 is 1.59 bits per heavy atom. The van der Waals surface area contributed by atoms with Crippen molar-refractivity contribution in [3.8, 4) is 0 Å². The summed E-state index contributed by atoms with van der Waals surface area (Å²) in [6, 6.07) is 17.0. The van der Waals surface area contributed by atoms with Gasteiger partial charge in [-0.3, -0.25) is 19.8 Å². The van der Waals surface area contributed by atoms with Gasteiger partial charge in [-0.15, -0.1) is 0 Å². The van der Waals surface area contributed by atoms with Crippen LogP contribution in [0, 0.1) is 0 Å². The zero-order valence-electron chi connectivity index (χ0n) is 15.3. The van der Waals surface area contributed by atoms with Crippen LogP contribution >= 0.6 is 11.8 Å². The van der Waals surface area contributed by atoms with Gasteiger partial charge < -0.3 is 10.2 Å². The van der Waals surface area contributed by atoms with Gasteiger partial charge in [-0.2, -0.15) is 5.01 Å². The van der Waals surface area contributed by atoms with Crippen LogP contribution in [-0.2, 0) is 15.1 Å². The summed E-state index contributed by atoms with van der Waals surface area (Å²) in [6.45, 7) is 0.238. The molecule has 2 saturated heterocycles. The van der Waals surface area contributed by atoms with E-state index in [1.165, 1.54) is 4.90 Å². The summed E-state index contributed by atoms with van der Waals surface area (Å²) in [6.07, 6.45) is 0. The second-order valence-electron chi connectivity index (χ2n) is 6.62. The van der Waals surface area contributed by atoms with Gasteiger partial charge in [-0.1, -0.05) is 72.4 Å². The number of rotatable bonds is 5. The third-order valence-electron chi connectivity index (χ3n) is 4.85. The lowest BCUT2D eigenvalue weighted by Gasteiger charge is -2.27. The molecule has 9 heteroatoms. The van der Waals surface area contributed by atoms with E-state index in [2.05, 4.69) is 10.7 Å². The molecule has 2 aromatic rings. The molecule has 29 heavy (non-hydrogen) atoms. The highest BCUT2D eigenvalue weighted by Crippen LogP contribution is 2.35. The number of benzene rings is 2. The lowest BCUT2D eigenvalue weighted by molar-refractivity contribution is -0.138. The Labute approximate surface area is 171 Å². The Bertz CT molecular complexity index is 927. The third-order valence-corrected chi connectivity index (χ3v) is 5.74. The molecule has 0 atom stereocenters. The molecule has 0 radical (unpaired) electrons. The van der Waals surface area contributed by atoms with E-state index in [0.29, 0.717) is 28.4 Å². The van der Waals surface area contributed by atoms with Crippen molar-refractivity contribution in [2.45, 2.75) is 5.54 Å². The first-order valence-electron chi connectivity index (χ1n) is 9.01. The molecule has 2 fully saturated rings. The van der Waals surface area contributed by atoms with Crippen LogP contribution in [0.1, 0.15) is 11.1 Å². The highest BCUT2D eigenvalue weighted by Gasteiger charge is 2.54. The van der Waals surface area contributed by atoms with Gasteiger partial charge in [0, 0.05) is 12.3 Å². The largest absolute Gasteiger partial charge is 0.344 e. The number of carbonyl (C=O) groups is 4. The molecule has 4 rings (SSSR count). The number of nitrogens with zero attached hydrogens (tertiary/aromatic N) is 2. The van der Waals surface area contributed by atoms with Crippen LogP contribution in [0.15, 0.2) is 60.7 Å². The minimum absolute atomic E-state index is 0.194. The Hall–Kier alpha value is -3.33. The zero-order chi connectivity index (χ0) is 20.4. The molecule has 8 nitrogen and oxygen atoms in total. The standard InChI is InChI=1S/C20H18N4O4S/c25-16(13-23-11-12-29-19(23)28)22-24-17(26)20(21-18(24)27,14-7-3-1-4-8-14)15-9-5-2-6-10-15/h1-10H,11-13H2,(H,21,27)(H,22,25). The van der Waals surface area contributed by atoms with Gasteiger partial charge in [0.15, 0.2) is 5.54 Å². The van der Waals surface area contributed by atoms with E-state index in [1.54, 1.807) is 48.5 Å². The van der Waals surface area contributed by atoms with Crippen LogP contribution in [0.25, 0.3) is 0 Å². The minimum Gasteiger partial charge on any atom is -0.323 e. The van der Waals surface area contributed by atoms with E-state index in [4.69, 9.17) is 0 Å².